The van der Waals surface area contributed by atoms with Gasteiger partial charge in [0.1, 0.15) is 0 Å². The first-order valence-corrected chi connectivity index (χ1v) is 7.33. The highest BCUT2D eigenvalue weighted by atomic mass is 35.5. The number of halogens is 1. The van der Waals surface area contributed by atoms with Crippen molar-refractivity contribution in [1.82, 2.24) is 15.3 Å². The van der Waals surface area contributed by atoms with Gasteiger partial charge in [-0.15, -0.1) is 0 Å². The predicted molar refractivity (Wildman–Crippen MR) is 79.8 cm³/mol. The van der Waals surface area contributed by atoms with Crippen LogP contribution < -0.4 is 10.2 Å². The summed E-state index contributed by atoms with van der Waals surface area (Å²) in [5, 5.41) is 4.17. The number of anilines is 1. The minimum absolute atomic E-state index is 0.143. The first kappa shape index (κ1) is 14.5. The molecule has 0 bridgehead atoms. The predicted octanol–water partition coefficient (Wildman–Crippen LogP) is 2.88. The summed E-state index contributed by atoms with van der Waals surface area (Å²) in [6.07, 6.45) is 7.02. The molecule has 4 nitrogen and oxygen atoms in total. The molecule has 0 saturated carbocycles. The Morgan fingerprint density at radius 1 is 1.32 bits per heavy atom. The topological polar surface area (TPSA) is 41.0 Å². The molecule has 0 spiro atoms. The van der Waals surface area contributed by atoms with Crippen molar-refractivity contribution in [3.63, 3.8) is 0 Å². The molecule has 0 aromatic carbocycles. The Balaban J connectivity index is 2.05. The summed E-state index contributed by atoms with van der Waals surface area (Å²) in [5.41, 5.74) is 0.143. The van der Waals surface area contributed by atoms with Crippen LogP contribution in [0.1, 0.15) is 40.0 Å². The summed E-state index contributed by atoms with van der Waals surface area (Å²) in [6.45, 7) is 8.57. The van der Waals surface area contributed by atoms with Crippen LogP contribution in [0.4, 0.5) is 5.95 Å². The third-order valence-electron chi connectivity index (χ3n) is 3.36. The Labute approximate surface area is 120 Å². The van der Waals surface area contributed by atoms with Gasteiger partial charge >= 0.3 is 0 Å². The van der Waals surface area contributed by atoms with Crippen molar-refractivity contribution in [2.75, 3.05) is 18.0 Å². The van der Waals surface area contributed by atoms with E-state index in [2.05, 4.69) is 41.0 Å². The normalized spacial score (nSPS) is 20.6. The van der Waals surface area contributed by atoms with Gasteiger partial charge in [0.25, 0.3) is 0 Å². The smallest absolute Gasteiger partial charge is 0.225 e. The molecular weight excluding hydrogens is 260 g/mol. The quantitative estimate of drug-likeness (QED) is 0.926. The summed E-state index contributed by atoms with van der Waals surface area (Å²) in [4.78, 5) is 11.0. The maximum absolute atomic E-state index is 5.85. The Bertz CT molecular complexity index is 399. The van der Waals surface area contributed by atoms with E-state index < -0.39 is 0 Å². The molecule has 0 radical (unpaired) electrons. The molecule has 2 rings (SSSR count). The fourth-order valence-electron chi connectivity index (χ4n) is 2.35. The molecule has 19 heavy (non-hydrogen) atoms. The molecule has 0 aliphatic carbocycles. The Morgan fingerprint density at radius 3 is 2.63 bits per heavy atom. The number of hydrogen-bond acceptors (Lipinski definition) is 4. The fourth-order valence-corrected chi connectivity index (χ4v) is 2.45. The molecule has 1 aromatic rings. The molecule has 1 saturated heterocycles. The number of piperidine rings is 1. The SMILES string of the molecule is CC(C)(C)NCC1CCCCN1c1ncc(Cl)cn1. The number of nitrogens with one attached hydrogen (secondary N) is 1. The highest BCUT2D eigenvalue weighted by molar-refractivity contribution is 6.30. The van der Waals surface area contributed by atoms with Crippen LogP contribution in [0.15, 0.2) is 12.4 Å². The minimum Gasteiger partial charge on any atom is -0.337 e. The number of hydrogen-bond donors (Lipinski definition) is 1. The van der Waals surface area contributed by atoms with E-state index in [0.717, 1.165) is 19.0 Å². The van der Waals surface area contributed by atoms with Crippen LogP contribution in [0.3, 0.4) is 0 Å². The third kappa shape index (κ3) is 4.32. The maximum Gasteiger partial charge on any atom is 0.225 e. The standard InChI is InChI=1S/C14H23ClN4/c1-14(2,3)18-10-12-6-4-5-7-19(12)13-16-8-11(15)9-17-13/h8-9,12,18H,4-7,10H2,1-3H3. The lowest BCUT2D eigenvalue weighted by molar-refractivity contribution is 0.364. The lowest BCUT2D eigenvalue weighted by Gasteiger charge is -2.37. The molecule has 1 fully saturated rings. The summed E-state index contributed by atoms with van der Waals surface area (Å²) in [5.74, 6) is 0.796. The molecule has 5 heteroatoms. The van der Waals surface area contributed by atoms with E-state index in [0.29, 0.717) is 11.1 Å². The van der Waals surface area contributed by atoms with E-state index in [-0.39, 0.29) is 5.54 Å². The molecule has 0 amide bonds. The van der Waals surface area contributed by atoms with E-state index in [9.17, 15) is 0 Å². The third-order valence-corrected chi connectivity index (χ3v) is 3.55. The summed E-state index contributed by atoms with van der Waals surface area (Å²) in [7, 11) is 0. The van der Waals surface area contributed by atoms with Gasteiger partial charge in [-0.3, -0.25) is 0 Å². The van der Waals surface area contributed by atoms with E-state index in [1.165, 1.54) is 19.3 Å². The molecule has 1 N–H and O–H groups in total. The Hall–Kier alpha value is -0.870. The van der Waals surface area contributed by atoms with Gasteiger partial charge in [-0.1, -0.05) is 11.6 Å². The number of rotatable bonds is 3. The van der Waals surface area contributed by atoms with E-state index in [1.807, 2.05) is 0 Å². The zero-order valence-corrected chi connectivity index (χ0v) is 12.7. The van der Waals surface area contributed by atoms with Crippen LogP contribution in [0.5, 0.6) is 0 Å². The summed E-state index contributed by atoms with van der Waals surface area (Å²) < 4.78 is 0. The fraction of sp³-hybridized carbons (Fsp3) is 0.714. The summed E-state index contributed by atoms with van der Waals surface area (Å²) in [6, 6.07) is 0.467. The Kier molecular flexibility index (Phi) is 4.63. The second-order valence-corrected chi connectivity index (χ2v) is 6.61. The van der Waals surface area contributed by atoms with Crippen LogP contribution in [0.2, 0.25) is 5.02 Å². The van der Waals surface area contributed by atoms with Gasteiger partial charge in [-0.2, -0.15) is 0 Å². The molecule has 1 aliphatic heterocycles. The van der Waals surface area contributed by atoms with Crippen LogP contribution in [-0.2, 0) is 0 Å². The molecule has 1 atom stereocenters. The van der Waals surface area contributed by atoms with Crippen molar-refractivity contribution >= 4 is 17.5 Å². The maximum atomic E-state index is 5.85. The van der Waals surface area contributed by atoms with Crippen LogP contribution in [-0.4, -0.2) is 34.6 Å². The molecular formula is C14H23ClN4. The largest absolute Gasteiger partial charge is 0.337 e. The van der Waals surface area contributed by atoms with Gasteiger partial charge in [-0.05, 0) is 40.0 Å². The zero-order valence-electron chi connectivity index (χ0n) is 12.0. The van der Waals surface area contributed by atoms with Crippen LogP contribution >= 0.6 is 11.6 Å². The lowest BCUT2D eigenvalue weighted by atomic mass is 10.0. The van der Waals surface area contributed by atoms with Crippen LogP contribution in [0.25, 0.3) is 0 Å². The van der Waals surface area contributed by atoms with Gasteiger partial charge in [0.15, 0.2) is 0 Å². The van der Waals surface area contributed by atoms with E-state index >= 15 is 0 Å². The van der Waals surface area contributed by atoms with E-state index in [1.54, 1.807) is 12.4 Å². The number of nitrogens with zero attached hydrogens (tertiary/aromatic N) is 3. The average molecular weight is 283 g/mol. The number of aromatic nitrogens is 2. The first-order chi connectivity index (χ1) is 8.96. The van der Waals surface area contributed by atoms with Crippen LogP contribution in [0, 0.1) is 0 Å². The molecule has 106 valence electrons. The monoisotopic (exact) mass is 282 g/mol. The van der Waals surface area contributed by atoms with Gasteiger partial charge < -0.3 is 10.2 Å². The van der Waals surface area contributed by atoms with Crippen molar-refractivity contribution in [3.05, 3.63) is 17.4 Å². The molecule has 1 aliphatic rings. The second kappa shape index (κ2) is 6.06. The molecule has 2 heterocycles. The highest BCUT2D eigenvalue weighted by Crippen LogP contribution is 2.22. The van der Waals surface area contributed by atoms with Crippen molar-refractivity contribution in [3.8, 4) is 0 Å². The molecule has 1 unspecified atom stereocenters. The van der Waals surface area contributed by atoms with Crippen molar-refractivity contribution in [2.45, 2.75) is 51.6 Å². The average Bonchev–Trinajstić information content (AvgIpc) is 2.37. The van der Waals surface area contributed by atoms with Crippen molar-refractivity contribution in [2.24, 2.45) is 0 Å². The lowest BCUT2D eigenvalue weighted by Crippen LogP contribution is -2.50. The minimum atomic E-state index is 0.143. The van der Waals surface area contributed by atoms with E-state index in [4.69, 9.17) is 11.6 Å². The molecule has 1 aromatic heterocycles. The summed E-state index contributed by atoms with van der Waals surface area (Å²) >= 11 is 5.85. The first-order valence-electron chi connectivity index (χ1n) is 6.95. The van der Waals surface area contributed by atoms with Gasteiger partial charge in [-0.25, -0.2) is 9.97 Å². The van der Waals surface area contributed by atoms with Gasteiger partial charge in [0.2, 0.25) is 5.95 Å². The Morgan fingerprint density at radius 2 is 2.00 bits per heavy atom. The zero-order chi connectivity index (χ0) is 13.9. The van der Waals surface area contributed by atoms with Gasteiger partial charge in [0.05, 0.1) is 17.4 Å². The van der Waals surface area contributed by atoms with Crippen molar-refractivity contribution in [1.29, 1.82) is 0 Å². The highest BCUT2D eigenvalue weighted by Gasteiger charge is 2.25. The van der Waals surface area contributed by atoms with Crippen molar-refractivity contribution < 1.29 is 0 Å². The second-order valence-electron chi connectivity index (χ2n) is 6.18. The van der Waals surface area contributed by atoms with Gasteiger partial charge in [0, 0.05) is 24.7 Å².